The predicted octanol–water partition coefficient (Wildman–Crippen LogP) is -2.27. The summed E-state index contributed by atoms with van der Waals surface area (Å²) in [6.07, 6.45) is -1.28. The number of hydrogen-bond donors (Lipinski definition) is 4. The summed E-state index contributed by atoms with van der Waals surface area (Å²) in [5, 5.41) is 22.4. The van der Waals surface area contributed by atoms with Gasteiger partial charge in [-0.05, 0) is 0 Å². The van der Waals surface area contributed by atoms with Crippen molar-refractivity contribution in [2.75, 3.05) is 6.61 Å². The molecule has 4 N–H and O–H groups in total. The second-order valence-electron chi connectivity index (χ2n) is 2.19. The Morgan fingerprint density at radius 2 is 2.40 bits per heavy atom. The highest BCUT2D eigenvalue weighted by Gasteiger charge is 2.22. The molecule has 58 valence electrons. The lowest BCUT2D eigenvalue weighted by Crippen LogP contribution is -2.57. The van der Waals surface area contributed by atoms with Crippen molar-refractivity contribution in [2.45, 2.75) is 18.8 Å². The normalized spacial score (nSPS) is 33.6. The SMILES string of the molecule is O=C1CC(O)NC(CO)N1. The van der Waals surface area contributed by atoms with Crippen molar-refractivity contribution in [3.05, 3.63) is 0 Å². The number of aliphatic hydroxyl groups excluding tert-OH is 2. The van der Waals surface area contributed by atoms with Crippen LogP contribution in [0, 0.1) is 0 Å². The van der Waals surface area contributed by atoms with Crippen molar-refractivity contribution in [2.24, 2.45) is 0 Å². The summed E-state index contributed by atoms with van der Waals surface area (Å²) in [5.41, 5.74) is 0. The van der Waals surface area contributed by atoms with Gasteiger partial charge in [-0.3, -0.25) is 10.1 Å². The Hall–Kier alpha value is -0.650. The molecule has 0 spiro atoms. The maximum absolute atomic E-state index is 10.6. The van der Waals surface area contributed by atoms with Crippen molar-refractivity contribution < 1.29 is 15.0 Å². The molecule has 1 fully saturated rings. The fourth-order valence-corrected chi connectivity index (χ4v) is 0.860. The van der Waals surface area contributed by atoms with E-state index in [1.54, 1.807) is 0 Å². The minimum Gasteiger partial charge on any atom is -0.393 e. The third-order valence-electron chi connectivity index (χ3n) is 1.29. The van der Waals surface area contributed by atoms with Gasteiger partial charge in [-0.2, -0.15) is 0 Å². The van der Waals surface area contributed by atoms with Crippen LogP contribution in [0.1, 0.15) is 6.42 Å². The second kappa shape index (κ2) is 2.96. The largest absolute Gasteiger partial charge is 0.393 e. The highest BCUT2D eigenvalue weighted by Crippen LogP contribution is 1.95. The summed E-state index contributed by atoms with van der Waals surface area (Å²) in [5.74, 6) is -0.245. The van der Waals surface area contributed by atoms with E-state index in [1.807, 2.05) is 0 Å². The molecule has 0 radical (unpaired) electrons. The summed E-state index contributed by atoms with van der Waals surface area (Å²) in [6, 6.07) is 0. The summed E-state index contributed by atoms with van der Waals surface area (Å²) in [6.45, 7) is -0.206. The van der Waals surface area contributed by atoms with Gasteiger partial charge < -0.3 is 15.5 Å². The average Bonchev–Trinajstić information content (AvgIpc) is 1.85. The molecular formula is C5H10N2O3. The molecule has 1 amide bonds. The predicted molar refractivity (Wildman–Crippen MR) is 32.8 cm³/mol. The van der Waals surface area contributed by atoms with Crippen LogP contribution in [-0.2, 0) is 4.79 Å². The van der Waals surface area contributed by atoms with Gasteiger partial charge in [-0.1, -0.05) is 0 Å². The average molecular weight is 146 g/mol. The van der Waals surface area contributed by atoms with Gasteiger partial charge in [0.15, 0.2) is 0 Å². The topological polar surface area (TPSA) is 81.6 Å². The van der Waals surface area contributed by atoms with E-state index in [1.165, 1.54) is 0 Å². The minimum atomic E-state index is -0.828. The fraction of sp³-hybridized carbons (Fsp3) is 0.800. The first kappa shape index (κ1) is 7.46. The lowest BCUT2D eigenvalue weighted by atomic mass is 10.2. The number of carbonyl (C=O) groups is 1. The van der Waals surface area contributed by atoms with Crippen molar-refractivity contribution in [3.8, 4) is 0 Å². The van der Waals surface area contributed by atoms with Gasteiger partial charge in [-0.15, -0.1) is 0 Å². The molecule has 0 aliphatic carbocycles. The zero-order valence-electron chi connectivity index (χ0n) is 5.37. The van der Waals surface area contributed by atoms with E-state index in [9.17, 15) is 4.79 Å². The smallest absolute Gasteiger partial charge is 0.225 e. The fourth-order valence-electron chi connectivity index (χ4n) is 0.860. The Bertz CT molecular complexity index is 139. The molecule has 1 aliphatic heterocycles. The van der Waals surface area contributed by atoms with Gasteiger partial charge in [0.25, 0.3) is 0 Å². The van der Waals surface area contributed by atoms with Crippen molar-refractivity contribution >= 4 is 5.91 Å². The van der Waals surface area contributed by atoms with Crippen molar-refractivity contribution in [1.29, 1.82) is 0 Å². The van der Waals surface area contributed by atoms with E-state index in [-0.39, 0.29) is 18.9 Å². The first-order valence-corrected chi connectivity index (χ1v) is 3.06. The summed E-state index contributed by atoms with van der Waals surface area (Å²) < 4.78 is 0. The van der Waals surface area contributed by atoms with Gasteiger partial charge >= 0.3 is 0 Å². The molecule has 1 aliphatic rings. The van der Waals surface area contributed by atoms with Crippen LogP contribution in [0.15, 0.2) is 0 Å². The number of aliphatic hydroxyl groups is 2. The molecule has 5 heteroatoms. The number of amides is 1. The van der Waals surface area contributed by atoms with Crippen LogP contribution in [0.4, 0.5) is 0 Å². The molecule has 2 unspecified atom stereocenters. The molecule has 1 heterocycles. The van der Waals surface area contributed by atoms with E-state index < -0.39 is 12.4 Å². The molecule has 5 nitrogen and oxygen atoms in total. The van der Waals surface area contributed by atoms with Gasteiger partial charge in [0.05, 0.1) is 13.0 Å². The number of hydrogen-bond acceptors (Lipinski definition) is 4. The van der Waals surface area contributed by atoms with Crippen LogP contribution in [0.2, 0.25) is 0 Å². The molecular weight excluding hydrogens is 136 g/mol. The molecule has 1 rings (SSSR count). The van der Waals surface area contributed by atoms with Crippen LogP contribution >= 0.6 is 0 Å². The van der Waals surface area contributed by atoms with Crippen LogP contribution in [0.3, 0.4) is 0 Å². The molecule has 0 aromatic carbocycles. The summed E-state index contributed by atoms with van der Waals surface area (Å²) in [7, 11) is 0. The van der Waals surface area contributed by atoms with E-state index in [0.717, 1.165) is 0 Å². The van der Waals surface area contributed by atoms with Crippen molar-refractivity contribution in [1.82, 2.24) is 10.6 Å². The molecule has 1 saturated heterocycles. The van der Waals surface area contributed by atoms with Crippen LogP contribution < -0.4 is 10.6 Å². The Morgan fingerprint density at radius 3 is 2.90 bits per heavy atom. The maximum Gasteiger partial charge on any atom is 0.225 e. The summed E-state index contributed by atoms with van der Waals surface area (Å²) in [4.78, 5) is 10.6. The standard InChI is InChI=1S/C5H10N2O3/c8-2-3-6-4(9)1-5(10)7-3/h3-4,6,8-9H,1-2H2,(H,7,10). The molecule has 0 aromatic rings. The first-order valence-electron chi connectivity index (χ1n) is 3.06. The second-order valence-corrected chi connectivity index (χ2v) is 2.19. The third-order valence-corrected chi connectivity index (χ3v) is 1.29. The van der Waals surface area contributed by atoms with E-state index in [0.29, 0.717) is 0 Å². The van der Waals surface area contributed by atoms with Crippen LogP contribution in [0.25, 0.3) is 0 Å². The summed E-state index contributed by atoms with van der Waals surface area (Å²) >= 11 is 0. The van der Waals surface area contributed by atoms with E-state index in [4.69, 9.17) is 10.2 Å². The molecule has 0 bridgehead atoms. The number of rotatable bonds is 1. The molecule has 2 atom stereocenters. The third kappa shape index (κ3) is 1.66. The first-order chi connectivity index (χ1) is 4.72. The van der Waals surface area contributed by atoms with Crippen molar-refractivity contribution in [3.63, 3.8) is 0 Å². The molecule has 0 aromatic heterocycles. The van der Waals surface area contributed by atoms with Gasteiger partial charge in [-0.25, -0.2) is 0 Å². The maximum atomic E-state index is 10.6. The highest BCUT2D eigenvalue weighted by atomic mass is 16.3. The lowest BCUT2D eigenvalue weighted by Gasteiger charge is -2.26. The zero-order chi connectivity index (χ0) is 7.56. The Kier molecular flexibility index (Phi) is 2.21. The van der Waals surface area contributed by atoms with Gasteiger partial charge in [0.1, 0.15) is 12.4 Å². The van der Waals surface area contributed by atoms with Crippen LogP contribution in [-0.4, -0.2) is 35.1 Å². The van der Waals surface area contributed by atoms with Crippen LogP contribution in [0.5, 0.6) is 0 Å². The zero-order valence-corrected chi connectivity index (χ0v) is 5.37. The Labute approximate surface area is 58.0 Å². The molecule has 10 heavy (non-hydrogen) atoms. The Balaban J connectivity index is 2.42. The quantitative estimate of drug-likeness (QED) is 0.336. The van der Waals surface area contributed by atoms with Gasteiger partial charge in [0.2, 0.25) is 5.91 Å². The number of carbonyl (C=O) groups excluding carboxylic acids is 1. The minimum absolute atomic E-state index is 0.0521. The molecule has 0 saturated carbocycles. The highest BCUT2D eigenvalue weighted by molar-refractivity contribution is 5.77. The van der Waals surface area contributed by atoms with Gasteiger partial charge in [0, 0.05) is 0 Å². The van der Waals surface area contributed by atoms with E-state index >= 15 is 0 Å². The number of nitrogens with one attached hydrogen (secondary N) is 2. The Morgan fingerprint density at radius 1 is 1.70 bits per heavy atom. The lowest BCUT2D eigenvalue weighted by molar-refractivity contribution is -0.128. The van der Waals surface area contributed by atoms with E-state index in [2.05, 4.69) is 10.6 Å². The monoisotopic (exact) mass is 146 g/mol.